The van der Waals surface area contributed by atoms with Gasteiger partial charge >= 0.3 is 0 Å². The fourth-order valence-electron chi connectivity index (χ4n) is 4.22. The van der Waals surface area contributed by atoms with Crippen LogP contribution in [0.2, 0.25) is 0 Å². The van der Waals surface area contributed by atoms with E-state index >= 15 is 0 Å². The van der Waals surface area contributed by atoms with Crippen LogP contribution in [0.25, 0.3) is 11.8 Å². The SMILES string of the molecule is CCO.COC[C@H]1CCC2=Cc3c(cnn3-c3cccc(F)c3)C[C@@]21C. The summed E-state index contributed by atoms with van der Waals surface area (Å²) >= 11 is 0. The van der Waals surface area contributed by atoms with E-state index in [1.165, 1.54) is 29.7 Å². The Kier molecular flexibility index (Phi) is 5.58. The van der Waals surface area contributed by atoms with E-state index in [1.807, 2.05) is 16.9 Å². The summed E-state index contributed by atoms with van der Waals surface area (Å²) in [7, 11) is 1.78. The normalized spacial score (nSPS) is 23.6. The number of allylic oxidation sites excluding steroid dienone is 1. The third-order valence-corrected chi connectivity index (χ3v) is 5.57. The molecule has 140 valence electrons. The van der Waals surface area contributed by atoms with Crippen LogP contribution in [0.5, 0.6) is 0 Å². The van der Waals surface area contributed by atoms with Crippen LogP contribution in [-0.4, -0.2) is 35.2 Å². The molecule has 2 aliphatic rings. The van der Waals surface area contributed by atoms with Gasteiger partial charge in [0, 0.05) is 20.3 Å². The minimum Gasteiger partial charge on any atom is -0.397 e. The van der Waals surface area contributed by atoms with Crippen molar-refractivity contribution in [3.63, 3.8) is 0 Å². The van der Waals surface area contributed by atoms with Crippen molar-refractivity contribution < 1.29 is 14.2 Å². The van der Waals surface area contributed by atoms with Gasteiger partial charge in [0.1, 0.15) is 5.82 Å². The van der Waals surface area contributed by atoms with Crippen LogP contribution in [-0.2, 0) is 11.2 Å². The van der Waals surface area contributed by atoms with E-state index in [0.29, 0.717) is 5.92 Å². The number of fused-ring (bicyclic) bond motifs is 2. The van der Waals surface area contributed by atoms with Gasteiger partial charge in [0.05, 0.1) is 17.6 Å². The number of rotatable bonds is 3. The Morgan fingerprint density at radius 3 is 2.88 bits per heavy atom. The Bertz CT molecular complexity index is 799. The van der Waals surface area contributed by atoms with Crippen LogP contribution in [0, 0.1) is 17.2 Å². The van der Waals surface area contributed by atoms with Crippen molar-refractivity contribution >= 4 is 6.08 Å². The summed E-state index contributed by atoms with van der Waals surface area (Å²) < 4.78 is 20.8. The number of benzene rings is 1. The summed E-state index contributed by atoms with van der Waals surface area (Å²) in [5.41, 5.74) is 4.76. The van der Waals surface area contributed by atoms with E-state index in [2.05, 4.69) is 18.1 Å². The highest BCUT2D eigenvalue weighted by molar-refractivity contribution is 5.61. The average Bonchev–Trinajstić information content (AvgIpc) is 3.14. The molecule has 0 radical (unpaired) electrons. The standard InChI is InChI=1S/C19H21FN2O.C2H6O/c1-19-10-13-11-21-22(17-5-3-4-16(20)9-17)18(13)8-14(19)6-7-15(19)12-23-2;1-2-3/h3-5,8-9,11,15H,6-7,10,12H2,1-2H3;3H,2H2,1H3/t15-,19+;/m1./s1. The predicted molar refractivity (Wildman–Crippen MR) is 101 cm³/mol. The topological polar surface area (TPSA) is 47.3 Å². The molecule has 0 bridgehead atoms. The maximum absolute atomic E-state index is 13.5. The summed E-state index contributed by atoms with van der Waals surface area (Å²) in [6.07, 6.45) is 7.47. The minimum absolute atomic E-state index is 0.165. The van der Waals surface area contributed by atoms with Crippen molar-refractivity contribution in [2.24, 2.45) is 11.3 Å². The number of methoxy groups -OCH3 is 1. The van der Waals surface area contributed by atoms with Gasteiger partial charge in [-0.05, 0) is 67.4 Å². The van der Waals surface area contributed by atoms with Gasteiger partial charge in [0.2, 0.25) is 0 Å². The number of ether oxygens (including phenoxy) is 1. The van der Waals surface area contributed by atoms with Gasteiger partial charge < -0.3 is 9.84 Å². The number of halogens is 1. The molecule has 5 heteroatoms. The van der Waals surface area contributed by atoms with Crippen LogP contribution >= 0.6 is 0 Å². The third kappa shape index (κ3) is 3.33. The average molecular weight is 358 g/mol. The van der Waals surface area contributed by atoms with E-state index < -0.39 is 0 Å². The summed E-state index contributed by atoms with van der Waals surface area (Å²) in [5, 5.41) is 12.1. The zero-order valence-electron chi connectivity index (χ0n) is 15.7. The quantitative estimate of drug-likeness (QED) is 0.902. The van der Waals surface area contributed by atoms with Crippen molar-refractivity contribution in [2.75, 3.05) is 20.3 Å². The minimum atomic E-state index is -0.235. The van der Waals surface area contributed by atoms with Gasteiger partial charge in [-0.2, -0.15) is 5.10 Å². The number of aromatic nitrogens is 2. The lowest BCUT2D eigenvalue weighted by atomic mass is 9.70. The first kappa shape index (κ1) is 18.8. The second-order valence-electron chi connectivity index (χ2n) is 7.22. The highest BCUT2D eigenvalue weighted by Gasteiger charge is 2.45. The third-order valence-electron chi connectivity index (χ3n) is 5.57. The Labute approximate surface area is 154 Å². The summed E-state index contributed by atoms with van der Waals surface area (Å²) in [4.78, 5) is 0. The molecule has 0 aliphatic heterocycles. The van der Waals surface area contributed by atoms with E-state index in [-0.39, 0.29) is 17.8 Å². The highest BCUT2D eigenvalue weighted by Crippen LogP contribution is 2.53. The summed E-state index contributed by atoms with van der Waals surface area (Å²) in [6, 6.07) is 6.61. The zero-order chi connectivity index (χ0) is 18.7. The molecule has 1 heterocycles. The smallest absolute Gasteiger partial charge is 0.125 e. The first-order valence-corrected chi connectivity index (χ1v) is 9.17. The van der Waals surface area contributed by atoms with Crippen molar-refractivity contribution in [1.82, 2.24) is 9.78 Å². The van der Waals surface area contributed by atoms with E-state index in [1.54, 1.807) is 20.1 Å². The number of nitrogens with zero attached hydrogens (tertiary/aromatic N) is 2. The molecule has 26 heavy (non-hydrogen) atoms. The zero-order valence-corrected chi connectivity index (χ0v) is 15.7. The van der Waals surface area contributed by atoms with Gasteiger partial charge in [-0.1, -0.05) is 18.6 Å². The van der Waals surface area contributed by atoms with Crippen LogP contribution in [0.15, 0.2) is 36.0 Å². The Morgan fingerprint density at radius 1 is 1.42 bits per heavy atom. The van der Waals surface area contributed by atoms with Crippen LogP contribution < -0.4 is 0 Å². The second-order valence-corrected chi connectivity index (χ2v) is 7.22. The molecular weight excluding hydrogens is 331 g/mol. The summed E-state index contributed by atoms with van der Waals surface area (Å²) in [6.45, 7) is 5.08. The number of hydrogen-bond acceptors (Lipinski definition) is 3. The fraction of sp³-hybridized carbons (Fsp3) is 0.476. The van der Waals surface area contributed by atoms with Crippen LogP contribution in [0.1, 0.15) is 37.9 Å². The second kappa shape index (κ2) is 7.72. The highest BCUT2D eigenvalue weighted by atomic mass is 19.1. The van der Waals surface area contributed by atoms with E-state index in [0.717, 1.165) is 30.8 Å². The van der Waals surface area contributed by atoms with E-state index in [4.69, 9.17) is 9.84 Å². The van der Waals surface area contributed by atoms with Gasteiger partial charge in [-0.25, -0.2) is 9.07 Å². The lowest BCUT2D eigenvalue weighted by Crippen LogP contribution is -2.31. The number of aliphatic hydroxyl groups is 1. The molecule has 4 rings (SSSR count). The van der Waals surface area contributed by atoms with Crippen LogP contribution in [0.3, 0.4) is 0 Å². The predicted octanol–water partition coefficient (Wildman–Crippen LogP) is 4.01. The largest absolute Gasteiger partial charge is 0.397 e. The van der Waals surface area contributed by atoms with Crippen molar-refractivity contribution in [1.29, 1.82) is 0 Å². The van der Waals surface area contributed by atoms with Gasteiger partial charge in [-0.15, -0.1) is 0 Å². The molecule has 1 N–H and O–H groups in total. The molecule has 2 atom stereocenters. The van der Waals surface area contributed by atoms with Crippen LogP contribution in [0.4, 0.5) is 4.39 Å². The van der Waals surface area contributed by atoms with Gasteiger partial charge in [-0.3, -0.25) is 0 Å². The lowest BCUT2D eigenvalue weighted by Gasteiger charge is -2.35. The van der Waals surface area contributed by atoms with Gasteiger partial charge in [0.15, 0.2) is 0 Å². The Morgan fingerprint density at radius 2 is 2.19 bits per heavy atom. The van der Waals surface area contributed by atoms with Crippen molar-refractivity contribution in [2.45, 2.75) is 33.1 Å². The monoisotopic (exact) mass is 358 g/mol. The Hall–Kier alpha value is -1.98. The molecule has 1 aromatic carbocycles. The maximum Gasteiger partial charge on any atom is 0.125 e. The van der Waals surface area contributed by atoms with Crippen molar-refractivity contribution in [3.05, 3.63) is 53.1 Å². The molecule has 1 fully saturated rings. The molecule has 2 aromatic rings. The number of aliphatic hydroxyl groups excluding tert-OH is 1. The maximum atomic E-state index is 13.5. The first-order chi connectivity index (χ1) is 12.5. The number of hydrogen-bond donors (Lipinski definition) is 1. The molecule has 0 spiro atoms. The molecule has 4 nitrogen and oxygen atoms in total. The van der Waals surface area contributed by atoms with Crippen molar-refractivity contribution in [3.8, 4) is 5.69 Å². The fourth-order valence-corrected chi connectivity index (χ4v) is 4.22. The molecule has 2 aliphatic carbocycles. The van der Waals surface area contributed by atoms with Gasteiger partial charge in [0.25, 0.3) is 0 Å². The molecule has 0 unspecified atom stereocenters. The Balaban J connectivity index is 0.000000613. The molecule has 0 saturated heterocycles. The summed E-state index contributed by atoms with van der Waals surface area (Å²) in [5.74, 6) is 0.325. The lowest BCUT2D eigenvalue weighted by molar-refractivity contribution is 0.104. The van der Waals surface area contributed by atoms with E-state index in [9.17, 15) is 4.39 Å². The molecule has 1 aromatic heterocycles. The molecule has 1 saturated carbocycles. The molecule has 0 amide bonds. The first-order valence-electron chi connectivity index (χ1n) is 9.17. The molecular formula is C21H27FN2O2.